The van der Waals surface area contributed by atoms with Crippen LogP contribution >= 0.6 is 11.3 Å². The average molecular weight is 346 g/mol. The van der Waals surface area contributed by atoms with Gasteiger partial charge in [-0.2, -0.15) is 0 Å². The number of benzene rings is 1. The van der Waals surface area contributed by atoms with Crippen molar-refractivity contribution in [3.8, 4) is 5.75 Å². The van der Waals surface area contributed by atoms with E-state index in [1.54, 1.807) is 13.3 Å². The third-order valence-electron chi connectivity index (χ3n) is 4.17. The minimum atomic E-state index is -0.225. The molecule has 0 unspecified atom stereocenters. The highest BCUT2D eigenvalue weighted by Gasteiger charge is 2.24. The summed E-state index contributed by atoms with van der Waals surface area (Å²) >= 11 is 1.40. The number of amides is 2. The quantitative estimate of drug-likeness (QED) is 0.843. The molecule has 2 N–H and O–H groups in total. The van der Waals surface area contributed by atoms with Crippen LogP contribution in [0.4, 0.5) is 9.93 Å². The fourth-order valence-corrected chi connectivity index (χ4v) is 3.50. The van der Waals surface area contributed by atoms with E-state index in [1.807, 2.05) is 23.6 Å². The number of aromatic nitrogens is 1. The van der Waals surface area contributed by atoms with Gasteiger partial charge in [0.1, 0.15) is 5.75 Å². The summed E-state index contributed by atoms with van der Waals surface area (Å²) in [5.41, 5.74) is 1.16. The van der Waals surface area contributed by atoms with Gasteiger partial charge in [0.2, 0.25) is 0 Å². The van der Waals surface area contributed by atoms with Gasteiger partial charge in [-0.25, -0.2) is 9.78 Å². The number of anilines is 1. The van der Waals surface area contributed by atoms with Crippen LogP contribution in [0.3, 0.4) is 0 Å². The number of methoxy groups -OCH3 is 1. The molecule has 3 rings (SSSR count). The normalized spacial score (nSPS) is 15.9. The Morgan fingerprint density at radius 3 is 2.96 bits per heavy atom. The molecule has 1 aliphatic rings. The molecule has 0 saturated carbocycles. The van der Waals surface area contributed by atoms with Crippen molar-refractivity contribution in [1.82, 2.24) is 15.2 Å². The van der Waals surface area contributed by atoms with Gasteiger partial charge in [0.05, 0.1) is 13.2 Å². The van der Waals surface area contributed by atoms with Gasteiger partial charge in [-0.15, -0.1) is 11.3 Å². The Bertz CT molecular complexity index is 656. The first-order chi connectivity index (χ1) is 11.8. The van der Waals surface area contributed by atoms with Gasteiger partial charge in [-0.3, -0.25) is 10.2 Å². The number of hydrogen-bond acceptors (Lipinski definition) is 5. The maximum Gasteiger partial charge on any atom is 0.321 e. The van der Waals surface area contributed by atoms with Crippen molar-refractivity contribution in [2.75, 3.05) is 32.1 Å². The van der Waals surface area contributed by atoms with Crippen LogP contribution in [0.15, 0.2) is 35.8 Å². The Hall–Kier alpha value is -2.12. The highest BCUT2D eigenvalue weighted by atomic mass is 32.1. The molecule has 1 atom stereocenters. The third kappa shape index (κ3) is 4.24. The Labute approximate surface area is 145 Å². The van der Waals surface area contributed by atoms with Crippen LogP contribution < -0.4 is 15.4 Å². The lowest BCUT2D eigenvalue weighted by atomic mass is 10.1. The zero-order valence-corrected chi connectivity index (χ0v) is 14.5. The van der Waals surface area contributed by atoms with Crippen molar-refractivity contribution in [1.29, 1.82) is 0 Å². The Morgan fingerprint density at radius 2 is 2.25 bits per heavy atom. The van der Waals surface area contributed by atoms with Crippen LogP contribution in [0.25, 0.3) is 0 Å². The molecule has 1 aromatic heterocycles. The molecule has 2 heterocycles. The molecule has 0 radical (unpaired) electrons. The number of hydrogen-bond donors (Lipinski definition) is 2. The number of rotatable bonds is 6. The monoisotopic (exact) mass is 346 g/mol. The average Bonchev–Trinajstić information content (AvgIpc) is 3.29. The molecular weight excluding hydrogens is 324 g/mol. The lowest BCUT2D eigenvalue weighted by Crippen LogP contribution is -2.38. The molecule has 0 bridgehead atoms. The molecule has 128 valence electrons. The smallest absolute Gasteiger partial charge is 0.321 e. The van der Waals surface area contributed by atoms with Crippen molar-refractivity contribution in [3.63, 3.8) is 0 Å². The molecule has 24 heavy (non-hydrogen) atoms. The summed E-state index contributed by atoms with van der Waals surface area (Å²) < 4.78 is 5.34. The summed E-state index contributed by atoms with van der Waals surface area (Å²) in [6.07, 6.45) is 4.07. The first-order valence-electron chi connectivity index (χ1n) is 8.08. The summed E-state index contributed by atoms with van der Waals surface area (Å²) in [4.78, 5) is 18.6. The standard InChI is InChI=1S/C17H22N4O2S/c1-23-14-6-4-5-13(11-14)15(21-8-2-3-9-21)12-19-16(22)20-17-18-7-10-24-17/h4-7,10-11,15H,2-3,8-9,12H2,1H3,(H2,18,19,20,22)/t15-/m1/s1. The van der Waals surface area contributed by atoms with E-state index in [0.717, 1.165) is 24.4 Å². The number of carbonyl (C=O) groups is 1. The predicted octanol–water partition coefficient (Wildman–Crippen LogP) is 3.11. The van der Waals surface area contributed by atoms with E-state index in [4.69, 9.17) is 4.74 Å². The SMILES string of the molecule is COc1cccc([C@@H](CNC(=O)Nc2nccs2)N2CCCC2)c1. The van der Waals surface area contributed by atoms with E-state index >= 15 is 0 Å². The number of urea groups is 1. The predicted molar refractivity (Wildman–Crippen MR) is 95.7 cm³/mol. The fourth-order valence-electron chi connectivity index (χ4n) is 2.98. The topological polar surface area (TPSA) is 66.5 Å². The second kappa shape index (κ2) is 8.12. The molecule has 1 aromatic carbocycles. The first kappa shape index (κ1) is 16.7. The Morgan fingerprint density at radius 1 is 1.42 bits per heavy atom. The van der Waals surface area contributed by atoms with Crippen LogP contribution in [-0.2, 0) is 0 Å². The molecule has 0 spiro atoms. The van der Waals surface area contributed by atoms with E-state index in [1.165, 1.54) is 24.2 Å². The highest BCUT2D eigenvalue weighted by Crippen LogP contribution is 2.27. The van der Waals surface area contributed by atoms with Crippen molar-refractivity contribution in [2.24, 2.45) is 0 Å². The van der Waals surface area contributed by atoms with Gasteiger partial charge in [-0.1, -0.05) is 12.1 Å². The molecule has 1 fully saturated rings. The molecule has 2 amide bonds. The van der Waals surface area contributed by atoms with E-state index in [2.05, 4.69) is 26.6 Å². The minimum absolute atomic E-state index is 0.143. The van der Waals surface area contributed by atoms with Crippen LogP contribution in [0, 0.1) is 0 Å². The number of likely N-dealkylation sites (tertiary alicyclic amines) is 1. The van der Waals surface area contributed by atoms with Crippen LogP contribution in [0.1, 0.15) is 24.4 Å². The largest absolute Gasteiger partial charge is 0.497 e. The Balaban J connectivity index is 1.66. The van der Waals surface area contributed by atoms with Crippen molar-refractivity contribution >= 4 is 22.5 Å². The molecule has 1 saturated heterocycles. The summed E-state index contributed by atoms with van der Waals surface area (Å²) in [7, 11) is 1.67. The fraction of sp³-hybridized carbons (Fsp3) is 0.412. The summed E-state index contributed by atoms with van der Waals surface area (Å²) in [6, 6.07) is 7.98. The van der Waals surface area contributed by atoms with Gasteiger partial charge in [0.25, 0.3) is 0 Å². The maximum atomic E-state index is 12.1. The number of nitrogens with zero attached hydrogens (tertiary/aromatic N) is 2. The zero-order chi connectivity index (χ0) is 16.8. The highest BCUT2D eigenvalue weighted by molar-refractivity contribution is 7.13. The number of ether oxygens (including phenoxy) is 1. The molecule has 0 aliphatic carbocycles. The van der Waals surface area contributed by atoms with E-state index < -0.39 is 0 Å². The molecule has 7 heteroatoms. The van der Waals surface area contributed by atoms with Crippen LogP contribution in [0.2, 0.25) is 0 Å². The minimum Gasteiger partial charge on any atom is -0.497 e. The third-order valence-corrected chi connectivity index (χ3v) is 4.86. The van der Waals surface area contributed by atoms with E-state index in [0.29, 0.717) is 11.7 Å². The number of thiazole rings is 1. The number of carbonyl (C=O) groups excluding carboxylic acids is 1. The maximum absolute atomic E-state index is 12.1. The summed E-state index contributed by atoms with van der Waals surface area (Å²) in [6.45, 7) is 2.65. The van der Waals surface area contributed by atoms with Crippen molar-refractivity contribution in [3.05, 3.63) is 41.4 Å². The van der Waals surface area contributed by atoms with Gasteiger partial charge in [0, 0.05) is 18.1 Å². The van der Waals surface area contributed by atoms with Gasteiger partial charge in [-0.05, 0) is 43.6 Å². The molecular formula is C17H22N4O2S. The van der Waals surface area contributed by atoms with Gasteiger partial charge < -0.3 is 10.1 Å². The molecule has 2 aromatic rings. The lowest BCUT2D eigenvalue weighted by molar-refractivity contribution is 0.227. The molecule has 6 nitrogen and oxygen atoms in total. The molecule has 1 aliphatic heterocycles. The summed E-state index contributed by atoms with van der Waals surface area (Å²) in [5, 5.41) is 8.16. The van der Waals surface area contributed by atoms with Gasteiger partial charge >= 0.3 is 6.03 Å². The Kier molecular flexibility index (Phi) is 5.66. The van der Waals surface area contributed by atoms with Crippen molar-refractivity contribution in [2.45, 2.75) is 18.9 Å². The van der Waals surface area contributed by atoms with E-state index in [9.17, 15) is 4.79 Å². The lowest BCUT2D eigenvalue weighted by Gasteiger charge is -2.28. The van der Waals surface area contributed by atoms with Gasteiger partial charge in [0.15, 0.2) is 5.13 Å². The van der Waals surface area contributed by atoms with Crippen LogP contribution in [-0.4, -0.2) is 42.7 Å². The van der Waals surface area contributed by atoms with E-state index in [-0.39, 0.29) is 12.1 Å². The second-order valence-electron chi connectivity index (χ2n) is 5.71. The summed E-state index contributed by atoms with van der Waals surface area (Å²) in [5.74, 6) is 0.837. The first-order valence-corrected chi connectivity index (χ1v) is 8.96. The second-order valence-corrected chi connectivity index (χ2v) is 6.60. The van der Waals surface area contributed by atoms with Crippen molar-refractivity contribution < 1.29 is 9.53 Å². The zero-order valence-electron chi connectivity index (χ0n) is 13.7. The number of nitrogens with one attached hydrogen (secondary N) is 2. The van der Waals surface area contributed by atoms with Crippen LogP contribution in [0.5, 0.6) is 5.75 Å².